The summed E-state index contributed by atoms with van der Waals surface area (Å²) in [6, 6.07) is 28.1. The van der Waals surface area contributed by atoms with Crippen molar-refractivity contribution in [2.75, 3.05) is 0 Å². The molecule has 4 aromatic carbocycles. The number of nitrogens with zero attached hydrogens (tertiary/aromatic N) is 1. The molecule has 221 valence electrons. The van der Waals surface area contributed by atoms with Gasteiger partial charge in [0, 0.05) is 52.6 Å². The van der Waals surface area contributed by atoms with E-state index in [-0.39, 0.29) is 42.5 Å². The van der Waals surface area contributed by atoms with Gasteiger partial charge >= 0.3 is 0 Å². The van der Waals surface area contributed by atoms with E-state index in [0.29, 0.717) is 0 Å². The van der Waals surface area contributed by atoms with Crippen LogP contribution in [0.1, 0.15) is 65.5 Å². The molecule has 0 spiro atoms. The van der Waals surface area contributed by atoms with Gasteiger partial charge in [-0.25, -0.2) is 0 Å². The predicted octanol–water partition coefficient (Wildman–Crippen LogP) is 10.6. The first-order valence-electron chi connectivity index (χ1n) is 14.5. The maximum atomic E-state index is 10.0. The number of carbonyl (C=O) groups is 1. The second kappa shape index (κ2) is 11.6. The Hall–Kier alpha value is -3.37. The Labute approximate surface area is 271 Å². The van der Waals surface area contributed by atoms with E-state index < -0.39 is 0 Å². The Balaban J connectivity index is 0.000000415. The van der Waals surface area contributed by atoms with Crippen LogP contribution in [0.5, 0.6) is 0 Å². The van der Waals surface area contributed by atoms with Crippen molar-refractivity contribution in [3.05, 3.63) is 102 Å². The quantitative estimate of drug-likeness (QED) is 0.109. The van der Waals surface area contributed by atoms with E-state index in [4.69, 9.17) is 10.1 Å². The molecule has 0 unspecified atom stereocenters. The van der Waals surface area contributed by atoms with Gasteiger partial charge in [-0.15, -0.1) is 40.5 Å². The monoisotopic (exact) mass is 763 g/mol. The molecule has 2 aromatic heterocycles. The first-order valence-corrected chi connectivity index (χ1v) is 15.3. The van der Waals surface area contributed by atoms with Crippen molar-refractivity contribution in [3.63, 3.8) is 0 Å². The third kappa shape index (κ3) is 5.91. The summed E-state index contributed by atoms with van der Waals surface area (Å²) < 4.78 is 2.75. The standard InChI is InChI=1S/C33H28NS.C5H8O2.Ir/c1-32(2)12-13-33(3,4)28-19-30-26(18-27(28)32)25-17-24-22(16-29(25)35-30)11-14-34-31(24)23-10-9-20-7-5-6-8-21(20)15-23;1-4(6)3-5(2)7;/h5-9,11,14-19H,12-13H2,1-4H3;3,6H,1-2H3;/q-1;;/b;4-3-;. The van der Waals surface area contributed by atoms with Crippen LogP contribution in [0.2, 0.25) is 0 Å². The number of aromatic nitrogens is 1. The number of hydrogen-bond donors (Lipinski definition) is 1. The Morgan fingerprint density at radius 3 is 2.12 bits per heavy atom. The van der Waals surface area contributed by atoms with E-state index >= 15 is 0 Å². The van der Waals surface area contributed by atoms with Crippen molar-refractivity contribution in [2.24, 2.45) is 0 Å². The Morgan fingerprint density at radius 2 is 1.47 bits per heavy atom. The Morgan fingerprint density at radius 1 is 0.837 bits per heavy atom. The first-order chi connectivity index (χ1) is 19.9. The van der Waals surface area contributed by atoms with Crippen LogP contribution in [-0.4, -0.2) is 15.9 Å². The average Bonchev–Trinajstić information content (AvgIpc) is 3.29. The van der Waals surface area contributed by atoms with Crippen LogP contribution in [0.3, 0.4) is 0 Å². The third-order valence-corrected chi connectivity index (χ3v) is 9.79. The summed E-state index contributed by atoms with van der Waals surface area (Å²) in [7, 11) is 0. The fourth-order valence-corrected chi connectivity index (χ4v) is 7.43. The zero-order valence-electron chi connectivity index (χ0n) is 25.5. The molecule has 1 aliphatic rings. The van der Waals surface area contributed by atoms with E-state index in [1.165, 1.54) is 85.6 Å². The molecule has 0 atom stereocenters. The van der Waals surface area contributed by atoms with Gasteiger partial charge in [-0.2, -0.15) is 0 Å². The van der Waals surface area contributed by atoms with Crippen molar-refractivity contribution < 1.29 is 30.0 Å². The number of hydrogen-bond acceptors (Lipinski definition) is 4. The van der Waals surface area contributed by atoms with E-state index in [2.05, 4.69) is 100 Å². The number of aliphatic hydroxyl groups excluding tert-OH is 1. The molecule has 0 bridgehead atoms. The maximum Gasteiger partial charge on any atom is 0.155 e. The molecule has 0 saturated heterocycles. The molecule has 5 heteroatoms. The second-order valence-electron chi connectivity index (χ2n) is 12.9. The zero-order valence-corrected chi connectivity index (χ0v) is 28.7. The predicted molar refractivity (Wildman–Crippen MR) is 179 cm³/mol. The molecule has 7 rings (SSSR count). The number of thiophene rings is 1. The number of pyridine rings is 1. The Kier molecular flexibility index (Phi) is 8.39. The molecule has 0 aliphatic heterocycles. The molecule has 6 aromatic rings. The van der Waals surface area contributed by atoms with Crippen molar-refractivity contribution in [3.8, 4) is 11.3 Å². The molecule has 0 fully saturated rings. The van der Waals surface area contributed by atoms with E-state index in [1.54, 1.807) is 0 Å². The first kappa shape index (κ1) is 31.1. The minimum absolute atomic E-state index is 0. The van der Waals surface area contributed by atoms with Gasteiger partial charge in [0.25, 0.3) is 0 Å². The van der Waals surface area contributed by atoms with Gasteiger partial charge in [0.15, 0.2) is 5.78 Å². The maximum absolute atomic E-state index is 10.0. The molecule has 43 heavy (non-hydrogen) atoms. The summed E-state index contributed by atoms with van der Waals surface area (Å²) in [6.45, 7) is 12.5. The van der Waals surface area contributed by atoms with Crippen LogP contribution in [0.4, 0.5) is 0 Å². The summed E-state index contributed by atoms with van der Waals surface area (Å²) in [6.07, 6.45) is 5.57. The fourth-order valence-electron chi connectivity index (χ4n) is 6.27. The zero-order chi connectivity index (χ0) is 29.8. The molecule has 2 heterocycles. The topological polar surface area (TPSA) is 50.2 Å². The summed E-state index contributed by atoms with van der Waals surface area (Å²) in [5.74, 6) is -0.0625. The summed E-state index contributed by atoms with van der Waals surface area (Å²) in [5, 5.41) is 16.0. The van der Waals surface area contributed by atoms with Gasteiger partial charge in [-0.3, -0.25) is 4.79 Å². The van der Waals surface area contributed by atoms with Crippen molar-refractivity contribution in [2.45, 2.75) is 65.2 Å². The van der Waals surface area contributed by atoms with Gasteiger partial charge in [0.1, 0.15) is 0 Å². The van der Waals surface area contributed by atoms with Crippen LogP contribution in [0, 0.1) is 6.07 Å². The molecule has 1 radical (unpaired) electrons. The third-order valence-electron chi connectivity index (χ3n) is 8.67. The summed E-state index contributed by atoms with van der Waals surface area (Å²) >= 11 is 1.93. The molecular weight excluding hydrogens is 727 g/mol. The van der Waals surface area contributed by atoms with Gasteiger partial charge in [-0.1, -0.05) is 63.4 Å². The van der Waals surface area contributed by atoms with Crippen LogP contribution in [0.25, 0.3) is 53.0 Å². The minimum Gasteiger partial charge on any atom is -0.512 e. The smallest absolute Gasteiger partial charge is 0.155 e. The number of allylic oxidation sites excluding steroid dienone is 2. The molecule has 1 aliphatic carbocycles. The Bertz CT molecular complexity index is 2050. The minimum atomic E-state index is -0.125. The van der Waals surface area contributed by atoms with E-state index in [1.807, 2.05) is 17.5 Å². The van der Waals surface area contributed by atoms with Crippen molar-refractivity contribution in [1.29, 1.82) is 0 Å². The van der Waals surface area contributed by atoms with Gasteiger partial charge in [-0.05, 0) is 89.4 Å². The summed E-state index contributed by atoms with van der Waals surface area (Å²) in [5.41, 5.74) is 5.54. The normalized spacial score (nSPS) is 15.5. The second-order valence-corrected chi connectivity index (χ2v) is 13.9. The largest absolute Gasteiger partial charge is 0.512 e. The number of aliphatic hydroxyl groups is 1. The van der Waals surface area contributed by atoms with E-state index in [9.17, 15) is 4.79 Å². The fraction of sp³-hybridized carbons (Fsp3) is 0.263. The molecule has 0 amide bonds. The van der Waals surface area contributed by atoms with Crippen LogP contribution in [-0.2, 0) is 35.7 Å². The van der Waals surface area contributed by atoms with Crippen LogP contribution < -0.4 is 0 Å². The number of ketones is 1. The van der Waals surface area contributed by atoms with E-state index in [0.717, 1.165) is 11.3 Å². The van der Waals surface area contributed by atoms with Crippen LogP contribution >= 0.6 is 11.3 Å². The summed E-state index contributed by atoms with van der Waals surface area (Å²) in [4.78, 5) is 14.9. The number of fused-ring (bicyclic) bond motifs is 6. The molecule has 3 nitrogen and oxygen atoms in total. The number of rotatable bonds is 2. The van der Waals surface area contributed by atoms with Gasteiger partial charge in [0.2, 0.25) is 0 Å². The van der Waals surface area contributed by atoms with Crippen molar-refractivity contribution >= 4 is 58.8 Å². The van der Waals surface area contributed by atoms with Gasteiger partial charge < -0.3 is 10.1 Å². The molecule has 0 saturated carbocycles. The average molecular weight is 763 g/mol. The van der Waals surface area contributed by atoms with Crippen molar-refractivity contribution in [1.82, 2.24) is 4.98 Å². The van der Waals surface area contributed by atoms with Crippen LogP contribution in [0.15, 0.2) is 84.8 Å². The SMILES string of the molecule is CC(=O)/C=C(/C)O.CC1(C)CCC(C)(C)c2cc3c(cc21)sc1cc2ccnc(-c4[c-]cc5ccccc5c4)c2cc13.[Ir]. The number of carbonyl (C=O) groups excluding carboxylic acids is 1. The molecular formula is C38H36IrNO2S-. The molecule has 1 N–H and O–H groups in total. The number of benzene rings is 4. The van der Waals surface area contributed by atoms with Gasteiger partial charge in [0.05, 0.1) is 5.76 Å².